The monoisotopic (exact) mass is 252 g/mol. The van der Waals surface area contributed by atoms with Gasteiger partial charge in [-0.3, -0.25) is 4.79 Å². The van der Waals surface area contributed by atoms with Crippen LogP contribution in [-0.2, 0) is 4.79 Å². The minimum atomic E-state index is -0.455. The van der Waals surface area contributed by atoms with E-state index in [-0.39, 0.29) is 10.9 Å². The van der Waals surface area contributed by atoms with Gasteiger partial charge in [0.25, 0.3) is 0 Å². The molecule has 1 atom stereocenters. The van der Waals surface area contributed by atoms with E-state index < -0.39 is 6.04 Å². The van der Waals surface area contributed by atoms with E-state index in [0.717, 1.165) is 0 Å². The van der Waals surface area contributed by atoms with Gasteiger partial charge in [-0.15, -0.1) is 0 Å². The molecule has 0 saturated carbocycles. The number of carbonyl (C=O) groups excluding carboxylic acids is 1. The third-order valence-electron chi connectivity index (χ3n) is 2.17. The molecule has 0 saturated heterocycles. The number of carbonyl (C=O) groups is 1. The van der Waals surface area contributed by atoms with Crippen LogP contribution >= 0.6 is 11.6 Å². The summed E-state index contributed by atoms with van der Waals surface area (Å²) in [5, 5.41) is 11.9. The molecule has 0 aliphatic carbocycles. The summed E-state index contributed by atoms with van der Waals surface area (Å²) in [4.78, 5) is 17.1. The molecule has 0 aliphatic heterocycles. The minimum absolute atomic E-state index is 0.0924. The predicted octanol–water partition coefficient (Wildman–Crippen LogP) is 1.50. The lowest BCUT2D eigenvalue weighted by molar-refractivity contribution is -0.129. The number of hydrogen-bond acceptors (Lipinski definition) is 4. The minimum Gasteiger partial charge on any atom is -0.357 e. The third kappa shape index (κ3) is 3.08. The van der Waals surface area contributed by atoms with Gasteiger partial charge in [-0.1, -0.05) is 11.6 Å². The fraction of sp³-hybridized carbons (Fsp3) is 0.364. The lowest BCUT2D eigenvalue weighted by atomic mass is 10.2. The maximum atomic E-state index is 11.6. The Labute approximate surface area is 105 Å². The number of likely N-dealkylation sites (N-methyl/N-ethyl adjacent to an activating group) is 1. The molecule has 0 fully saturated rings. The molecule has 1 unspecified atom stereocenters. The first-order valence-corrected chi connectivity index (χ1v) is 5.37. The highest BCUT2D eigenvalue weighted by molar-refractivity contribution is 6.34. The van der Waals surface area contributed by atoms with Gasteiger partial charge >= 0.3 is 0 Å². The van der Waals surface area contributed by atoms with Crippen LogP contribution < -0.4 is 5.32 Å². The smallest absolute Gasteiger partial charge is 0.244 e. The molecule has 1 amide bonds. The van der Waals surface area contributed by atoms with E-state index in [1.165, 1.54) is 17.2 Å². The summed E-state index contributed by atoms with van der Waals surface area (Å²) in [5.41, 5.74) is 0.327. The van der Waals surface area contributed by atoms with E-state index in [0.29, 0.717) is 11.4 Å². The number of nitrogens with one attached hydrogen (secondary N) is 1. The van der Waals surface area contributed by atoms with Crippen LogP contribution in [0.5, 0.6) is 0 Å². The number of anilines is 1. The normalized spacial score (nSPS) is 11.5. The van der Waals surface area contributed by atoms with Gasteiger partial charge in [0.1, 0.15) is 23.0 Å². The lowest BCUT2D eigenvalue weighted by Gasteiger charge is -2.19. The molecule has 17 heavy (non-hydrogen) atoms. The maximum Gasteiger partial charge on any atom is 0.244 e. The molecule has 0 bridgehead atoms. The Balaban J connectivity index is 2.90. The zero-order chi connectivity index (χ0) is 13.0. The maximum absolute atomic E-state index is 11.6. The van der Waals surface area contributed by atoms with Crippen molar-refractivity contribution in [1.29, 1.82) is 5.26 Å². The predicted molar refractivity (Wildman–Crippen MR) is 65.7 cm³/mol. The van der Waals surface area contributed by atoms with Crippen LogP contribution in [0.1, 0.15) is 12.5 Å². The second-order valence-corrected chi connectivity index (χ2v) is 4.11. The number of nitrogens with zero attached hydrogens (tertiary/aromatic N) is 3. The highest BCUT2D eigenvalue weighted by atomic mass is 35.5. The van der Waals surface area contributed by atoms with E-state index in [9.17, 15) is 4.79 Å². The van der Waals surface area contributed by atoms with Crippen molar-refractivity contribution in [2.75, 3.05) is 19.4 Å². The standard InChI is InChI=1S/C11H13ClN4O/c1-7(11(17)16(2)3)15-10-9(12)8(6-13)4-5-14-10/h4-5,7H,1-3H3,(H,14,15). The lowest BCUT2D eigenvalue weighted by Crippen LogP contribution is -2.36. The SMILES string of the molecule is CC(Nc1nccc(C#N)c1Cl)C(=O)N(C)C. The quantitative estimate of drug-likeness (QED) is 0.885. The summed E-state index contributed by atoms with van der Waals surface area (Å²) in [5.74, 6) is 0.249. The molecule has 90 valence electrons. The van der Waals surface area contributed by atoms with Crippen molar-refractivity contribution in [3.05, 3.63) is 22.8 Å². The summed E-state index contributed by atoms with van der Waals surface area (Å²) < 4.78 is 0. The molecule has 1 rings (SSSR count). The molecule has 1 heterocycles. The van der Waals surface area contributed by atoms with E-state index in [1.807, 2.05) is 6.07 Å². The number of amides is 1. The molecule has 5 nitrogen and oxygen atoms in total. The number of aromatic nitrogens is 1. The number of nitriles is 1. The van der Waals surface area contributed by atoms with Gasteiger partial charge in [-0.2, -0.15) is 5.26 Å². The van der Waals surface area contributed by atoms with E-state index in [2.05, 4.69) is 10.3 Å². The van der Waals surface area contributed by atoms with E-state index in [1.54, 1.807) is 21.0 Å². The van der Waals surface area contributed by atoms with Crippen LogP contribution in [0.4, 0.5) is 5.82 Å². The topological polar surface area (TPSA) is 69.0 Å². The molecule has 0 spiro atoms. The largest absolute Gasteiger partial charge is 0.357 e. The first-order valence-electron chi connectivity index (χ1n) is 4.99. The summed E-state index contributed by atoms with van der Waals surface area (Å²) in [6.45, 7) is 1.71. The highest BCUT2D eigenvalue weighted by Crippen LogP contribution is 2.23. The van der Waals surface area contributed by atoms with Crippen LogP contribution in [-0.4, -0.2) is 35.9 Å². The Hall–Kier alpha value is -1.80. The molecule has 1 N–H and O–H groups in total. The summed E-state index contributed by atoms with van der Waals surface area (Å²) in [6, 6.07) is 3.02. The Kier molecular flexibility index (Phi) is 4.30. The molecule has 0 aliphatic rings. The second-order valence-electron chi connectivity index (χ2n) is 3.73. The summed E-state index contributed by atoms with van der Waals surface area (Å²) in [7, 11) is 3.34. The number of rotatable bonds is 3. The van der Waals surface area contributed by atoms with Crippen molar-refractivity contribution in [2.45, 2.75) is 13.0 Å². The van der Waals surface area contributed by atoms with Gasteiger partial charge in [-0.05, 0) is 13.0 Å². The van der Waals surface area contributed by atoms with Crippen LogP contribution in [0.15, 0.2) is 12.3 Å². The fourth-order valence-electron chi connectivity index (χ4n) is 1.28. The molecular formula is C11H13ClN4O. The number of pyridine rings is 1. The van der Waals surface area contributed by atoms with Crippen LogP contribution in [0.2, 0.25) is 5.02 Å². The van der Waals surface area contributed by atoms with Gasteiger partial charge in [0, 0.05) is 20.3 Å². The molecule has 1 aromatic rings. The van der Waals surface area contributed by atoms with Gasteiger partial charge in [-0.25, -0.2) is 4.98 Å². The van der Waals surface area contributed by atoms with Crippen molar-refractivity contribution < 1.29 is 4.79 Å². The van der Waals surface area contributed by atoms with Crippen molar-refractivity contribution in [2.24, 2.45) is 0 Å². The van der Waals surface area contributed by atoms with Crippen molar-refractivity contribution >= 4 is 23.3 Å². The van der Waals surface area contributed by atoms with Crippen molar-refractivity contribution in [3.8, 4) is 6.07 Å². The average Bonchev–Trinajstić information content (AvgIpc) is 2.30. The Morgan fingerprint density at radius 1 is 1.65 bits per heavy atom. The average molecular weight is 253 g/mol. The van der Waals surface area contributed by atoms with E-state index in [4.69, 9.17) is 16.9 Å². The van der Waals surface area contributed by atoms with Gasteiger partial charge in [0.15, 0.2) is 0 Å². The molecule has 6 heteroatoms. The Morgan fingerprint density at radius 3 is 2.82 bits per heavy atom. The van der Waals surface area contributed by atoms with Crippen LogP contribution in [0, 0.1) is 11.3 Å². The Bertz CT molecular complexity index is 467. The number of halogens is 1. The fourth-order valence-corrected chi connectivity index (χ4v) is 1.49. The van der Waals surface area contributed by atoms with Gasteiger partial charge in [0.05, 0.1) is 5.56 Å². The number of hydrogen-bond donors (Lipinski definition) is 1. The molecule has 0 aromatic carbocycles. The second kappa shape index (κ2) is 5.51. The van der Waals surface area contributed by atoms with Crippen LogP contribution in [0.25, 0.3) is 0 Å². The Morgan fingerprint density at radius 2 is 2.29 bits per heavy atom. The third-order valence-corrected chi connectivity index (χ3v) is 2.56. The summed E-state index contributed by atoms with van der Waals surface area (Å²) >= 11 is 5.96. The zero-order valence-corrected chi connectivity index (χ0v) is 10.6. The van der Waals surface area contributed by atoms with E-state index >= 15 is 0 Å². The van der Waals surface area contributed by atoms with Crippen LogP contribution in [0.3, 0.4) is 0 Å². The molecule has 0 radical (unpaired) electrons. The first kappa shape index (κ1) is 13.3. The molecule has 1 aromatic heterocycles. The zero-order valence-electron chi connectivity index (χ0n) is 9.86. The molecular weight excluding hydrogens is 240 g/mol. The highest BCUT2D eigenvalue weighted by Gasteiger charge is 2.17. The van der Waals surface area contributed by atoms with Crippen molar-refractivity contribution in [3.63, 3.8) is 0 Å². The first-order chi connectivity index (χ1) is 7.97. The van der Waals surface area contributed by atoms with Gasteiger partial charge < -0.3 is 10.2 Å². The van der Waals surface area contributed by atoms with Gasteiger partial charge in [0.2, 0.25) is 5.91 Å². The van der Waals surface area contributed by atoms with Crippen molar-refractivity contribution in [1.82, 2.24) is 9.88 Å². The summed E-state index contributed by atoms with van der Waals surface area (Å²) in [6.07, 6.45) is 1.47.